The molecule has 1 aliphatic carbocycles. The maximum Gasteiger partial charge on any atom is 0.230 e. The molecular weight excluding hydrogens is 350 g/mol. The molecule has 2 aliphatic rings. The van der Waals surface area contributed by atoms with Crippen molar-refractivity contribution in [3.8, 4) is 0 Å². The average molecular weight is 386 g/mol. The van der Waals surface area contributed by atoms with Crippen LogP contribution in [0, 0.1) is 5.41 Å². The number of fused-ring (bicyclic) bond motifs is 1. The lowest BCUT2D eigenvalue weighted by Crippen LogP contribution is -2.49. The number of carbonyl (C=O) groups is 1. The molecule has 1 heterocycles. The molecule has 0 bridgehead atoms. The van der Waals surface area contributed by atoms with Crippen molar-refractivity contribution in [1.82, 2.24) is 15.5 Å². The van der Waals surface area contributed by atoms with Gasteiger partial charge >= 0.3 is 0 Å². The molecule has 1 fully saturated rings. The Kier molecular flexibility index (Phi) is 6.47. The number of carbonyl (C=O) groups excluding carboxylic acids is 1. The number of rotatable bonds is 5. The molecule has 0 radical (unpaired) electrons. The van der Waals surface area contributed by atoms with Crippen molar-refractivity contribution in [2.24, 2.45) is 10.4 Å². The zero-order valence-corrected chi connectivity index (χ0v) is 17.8. The van der Waals surface area contributed by atoms with Crippen LogP contribution in [-0.2, 0) is 17.8 Å². The fourth-order valence-corrected chi connectivity index (χ4v) is 4.60. The van der Waals surface area contributed by atoms with Gasteiger partial charge in [0.2, 0.25) is 5.91 Å². The van der Waals surface area contributed by atoms with Crippen molar-refractivity contribution < 1.29 is 4.79 Å². The largest absolute Gasteiger partial charge is 0.374 e. The van der Waals surface area contributed by atoms with Crippen LogP contribution < -0.4 is 15.5 Å². The highest BCUT2D eigenvalue weighted by molar-refractivity contribution is 5.85. The van der Waals surface area contributed by atoms with Crippen LogP contribution in [0.15, 0.2) is 23.2 Å². The van der Waals surface area contributed by atoms with Crippen LogP contribution in [-0.4, -0.2) is 58.0 Å². The van der Waals surface area contributed by atoms with Crippen molar-refractivity contribution in [3.63, 3.8) is 0 Å². The van der Waals surface area contributed by atoms with Crippen LogP contribution >= 0.6 is 0 Å². The SMILES string of the molecule is CN=C(NCc1ccc2c(c1)CCCN2C)NCC1(C(=O)N(C)C)CCCC1. The van der Waals surface area contributed by atoms with E-state index in [9.17, 15) is 4.79 Å². The number of amides is 1. The van der Waals surface area contributed by atoms with Crippen LogP contribution in [0.1, 0.15) is 43.2 Å². The Hall–Kier alpha value is -2.24. The molecule has 0 saturated heterocycles. The maximum atomic E-state index is 12.7. The molecule has 6 heteroatoms. The summed E-state index contributed by atoms with van der Waals surface area (Å²) >= 11 is 0. The summed E-state index contributed by atoms with van der Waals surface area (Å²) in [6.45, 7) is 2.50. The first-order valence-corrected chi connectivity index (χ1v) is 10.4. The Balaban J connectivity index is 1.58. The molecule has 1 saturated carbocycles. The van der Waals surface area contributed by atoms with Gasteiger partial charge in [-0.3, -0.25) is 9.79 Å². The fourth-order valence-electron chi connectivity index (χ4n) is 4.60. The zero-order chi connectivity index (χ0) is 20.1. The van der Waals surface area contributed by atoms with Crippen molar-refractivity contribution in [1.29, 1.82) is 0 Å². The number of hydrogen-bond donors (Lipinski definition) is 2. The molecule has 28 heavy (non-hydrogen) atoms. The summed E-state index contributed by atoms with van der Waals surface area (Å²) in [5, 5.41) is 6.82. The predicted molar refractivity (Wildman–Crippen MR) is 116 cm³/mol. The number of hydrogen-bond acceptors (Lipinski definition) is 3. The molecule has 0 unspecified atom stereocenters. The monoisotopic (exact) mass is 385 g/mol. The number of guanidine groups is 1. The summed E-state index contributed by atoms with van der Waals surface area (Å²) < 4.78 is 0. The Bertz CT molecular complexity index is 722. The zero-order valence-electron chi connectivity index (χ0n) is 17.8. The normalized spacial score (nSPS) is 18.6. The third kappa shape index (κ3) is 4.42. The summed E-state index contributed by atoms with van der Waals surface area (Å²) in [4.78, 5) is 21.2. The van der Waals surface area contributed by atoms with E-state index in [1.165, 1.54) is 23.2 Å². The van der Waals surface area contributed by atoms with Gasteiger partial charge in [-0.15, -0.1) is 0 Å². The molecule has 1 aliphatic heterocycles. The molecule has 1 aromatic rings. The van der Waals surface area contributed by atoms with Gasteiger partial charge in [-0.05, 0) is 42.9 Å². The first-order chi connectivity index (χ1) is 13.4. The van der Waals surface area contributed by atoms with Crippen LogP contribution in [0.3, 0.4) is 0 Å². The van der Waals surface area contributed by atoms with E-state index >= 15 is 0 Å². The molecular formula is C22H35N5O. The maximum absolute atomic E-state index is 12.7. The molecule has 0 aromatic heterocycles. The first-order valence-electron chi connectivity index (χ1n) is 10.4. The van der Waals surface area contributed by atoms with Crippen LogP contribution in [0.5, 0.6) is 0 Å². The number of benzene rings is 1. The van der Waals surface area contributed by atoms with E-state index in [0.717, 1.165) is 51.2 Å². The lowest BCUT2D eigenvalue weighted by Gasteiger charge is -2.31. The Morgan fingerprint density at radius 1 is 1.21 bits per heavy atom. The van der Waals surface area contributed by atoms with Gasteiger partial charge in [0.25, 0.3) is 0 Å². The highest BCUT2D eigenvalue weighted by Crippen LogP contribution is 2.38. The molecule has 1 amide bonds. The summed E-state index contributed by atoms with van der Waals surface area (Å²) in [6.07, 6.45) is 6.51. The van der Waals surface area contributed by atoms with E-state index in [4.69, 9.17) is 0 Å². The van der Waals surface area contributed by atoms with Gasteiger partial charge in [0, 0.05) is 53.5 Å². The smallest absolute Gasteiger partial charge is 0.230 e. The second kappa shape index (κ2) is 8.84. The summed E-state index contributed by atoms with van der Waals surface area (Å²) in [5.74, 6) is 0.986. The van der Waals surface area contributed by atoms with Gasteiger partial charge in [-0.2, -0.15) is 0 Å². The highest BCUT2D eigenvalue weighted by Gasteiger charge is 2.42. The van der Waals surface area contributed by atoms with Crippen LogP contribution in [0.25, 0.3) is 0 Å². The molecule has 154 valence electrons. The first kappa shape index (κ1) is 20.5. The van der Waals surface area contributed by atoms with Gasteiger partial charge < -0.3 is 20.4 Å². The summed E-state index contributed by atoms with van der Waals surface area (Å²) in [7, 11) is 7.65. The lowest BCUT2D eigenvalue weighted by atomic mass is 9.84. The minimum absolute atomic E-state index is 0.228. The van der Waals surface area contributed by atoms with Crippen molar-refractivity contribution in [2.45, 2.75) is 45.1 Å². The molecule has 0 atom stereocenters. The highest BCUT2D eigenvalue weighted by atomic mass is 16.2. The summed E-state index contributed by atoms with van der Waals surface area (Å²) in [6, 6.07) is 6.72. The standard InChI is InChI=1S/C22H35N5O/c1-23-21(25-16-22(11-5-6-12-22)20(28)26(2)3)24-15-17-9-10-19-18(14-17)8-7-13-27(19)4/h9-10,14H,5-8,11-13,15-16H2,1-4H3,(H2,23,24,25). The number of anilines is 1. The van der Waals surface area contributed by atoms with E-state index in [-0.39, 0.29) is 11.3 Å². The number of nitrogens with one attached hydrogen (secondary N) is 2. The van der Waals surface area contributed by atoms with Gasteiger partial charge in [0.05, 0.1) is 5.41 Å². The number of nitrogens with zero attached hydrogens (tertiary/aromatic N) is 3. The minimum atomic E-state index is -0.294. The minimum Gasteiger partial charge on any atom is -0.374 e. The van der Waals surface area contributed by atoms with E-state index in [1.54, 1.807) is 11.9 Å². The molecule has 6 nitrogen and oxygen atoms in total. The van der Waals surface area contributed by atoms with Gasteiger partial charge in [-0.25, -0.2) is 0 Å². The summed E-state index contributed by atoms with van der Waals surface area (Å²) in [5.41, 5.74) is 3.75. The Morgan fingerprint density at radius 2 is 1.96 bits per heavy atom. The van der Waals surface area contributed by atoms with Crippen LogP contribution in [0.2, 0.25) is 0 Å². The van der Waals surface area contributed by atoms with E-state index in [1.807, 2.05) is 14.1 Å². The Morgan fingerprint density at radius 3 is 2.64 bits per heavy atom. The quantitative estimate of drug-likeness (QED) is 0.604. The van der Waals surface area contributed by atoms with Gasteiger partial charge in [0.1, 0.15) is 0 Å². The van der Waals surface area contributed by atoms with Crippen molar-refractivity contribution in [2.75, 3.05) is 46.2 Å². The van der Waals surface area contributed by atoms with E-state index in [2.05, 4.69) is 45.8 Å². The van der Waals surface area contributed by atoms with Crippen molar-refractivity contribution >= 4 is 17.6 Å². The van der Waals surface area contributed by atoms with E-state index < -0.39 is 0 Å². The second-order valence-corrected chi connectivity index (χ2v) is 8.45. The third-order valence-corrected chi connectivity index (χ3v) is 6.19. The molecule has 2 N–H and O–H groups in total. The molecule has 0 spiro atoms. The van der Waals surface area contributed by atoms with Gasteiger partial charge in [0.15, 0.2) is 5.96 Å². The molecule has 1 aromatic carbocycles. The molecule has 3 rings (SSSR count). The van der Waals surface area contributed by atoms with Crippen molar-refractivity contribution in [3.05, 3.63) is 29.3 Å². The Labute approximate surface area is 169 Å². The second-order valence-electron chi connectivity index (χ2n) is 8.45. The third-order valence-electron chi connectivity index (χ3n) is 6.19. The van der Waals surface area contributed by atoms with Gasteiger partial charge in [-0.1, -0.05) is 25.0 Å². The fraction of sp³-hybridized carbons (Fsp3) is 0.636. The van der Waals surface area contributed by atoms with Crippen LogP contribution in [0.4, 0.5) is 5.69 Å². The lowest BCUT2D eigenvalue weighted by molar-refractivity contribution is -0.138. The predicted octanol–water partition coefficient (Wildman–Crippen LogP) is 2.38. The average Bonchev–Trinajstić information content (AvgIpc) is 3.17. The number of aryl methyl sites for hydroxylation is 1. The number of aliphatic imine (C=N–C) groups is 1. The topological polar surface area (TPSA) is 60.0 Å². The van der Waals surface area contributed by atoms with E-state index in [0.29, 0.717) is 6.54 Å².